The lowest BCUT2D eigenvalue weighted by Crippen LogP contribution is -2.38. The van der Waals surface area contributed by atoms with Crippen LogP contribution in [0.4, 0.5) is 0 Å². The summed E-state index contributed by atoms with van der Waals surface area (Å²) in [4.78, 5) is 13.9. The molecule has 26 heavy (non-hydrogen) atoms. The lowest BCUT2D eigenvalue weighted by molar-refractivity contribution is -0.132. The Bertz CT molecular complexity index is 685. The largest absolute Gasteiger partial charge is 0.364 e. The Morgan fingerprint density at radius 2 is 2.12 bits per heavy atom. The molecule has 0 bridgehead atoms. The highest BCUT2D eigenvalue weighted by Crippen LogP contribution is 2.28. The molecule has 3 rings (SSSR count). The maximum absolute atomic E-state index is 12.7. The number of benzene rings is 1. The smallest absolute Gasteiger partial charge is 0.249 e. The third kappa shape index (κ3) is 4.72. The lowest BCUT2D eigenvalue weighted by atomic mass is 10.0. The van der Waals surface area contributed by atoms with Crippen LogP contribution in [0.1, 0.15) is 54.7 Å². The average Bonchev–Trinajstić information content (AvgIpc) is 3.36. The van der Waals surface area contributed by atoms with Crippen LogP contribution in [0.5, 0.6) is 0 Å². The van der Waals surface area contributed by atoms with Crippen molar-refractivity contribution in [3.8, 4) is 0 Å². The number of amides is 1. The fourth-order valence-corrected chi connectivity index (χ4v) is 4.14. The van der Waals surface area contributed by atoms with Crippen molar-refractivity contribution in [1.29, 1.82) is 0 Å². The molecule has 4 nitrogen and oxygen atoms in total. The van der Waals surface area contributed by atoms with E-state index in [0.717, 1.165) is 29.7 Å². The monoisotopic (exact) mass is 372 g/mol. The summed E-state index contributed by atoms with van der Waals surface area (Å²) < 4.78 is 5.76. The molecule has 1 unspecified atom stereocenters. The number of unbranched alkanes of at least 4 members (excludes halogenated alkanes) is 1. The third-order valence-corrected chi connectivity index (χ3v) is 5.85. The summed E-state index contributed by atoms with van der Waals surface area (Å²) in [6, 6.07) is 12.6. The van der Waals surface area contributed by atoms with E-state index in [2.05, 4.69) is 42.6 Å². The van der Waals surface area contributed by atoms with Gasteiger partial charge in [-0.15, -0.1) is 11.3 Å². The number of ether oxygens (including phenoxy) is 1. The van der Waals surface area contributed by atoms with E-state index in [9.17, 15) is 4.79 Å². The fourth-order valence-electron chi connectivity index (χ4n) is 3.34. The molecule has 1 saturated heterocycles. The Kier molecular flexibility index (Phi) is 6.83. The molecule has 1 fully saturated rings. The van der Waals surface area contributed by atoms with E-state index in [1.54, 1.807) is 11.3 Å². The minimum atomic E-state index is -0.394. The summed E-state index contributed by atoms with van der Waals surface area (Å²) in [5.74, 6) is -0.0468. The van der Waals surface area contributed by atoms with E-state index in [4.69, 9.17) is 10.5 Å². The van der Waals surface area contributed by atoms with Crippen molar-refractivity contribution in [3.63, 3.8) is 0 Å². The average molecular weight is 373 g/mol. The van der Waals surface area contributed by atoms with Crippen molar-refractivity contribution in [1.82, 2.24) is 5.32 Å². The van der Waals surface area contributed by atoms with Crippen LogP contribution in [0.25, 0.3) is 0 Å². The van der Waals surface area contributed by atoms with Gasteiger partial charge in [0.25, 0.3) is 0 Å². The minimum Gasteiger partial charge on any atom is -0.364 e. The van der Waals surface area contributed by atoms with Gasteiger partial charge in [-0.3, -0.25) is 4.79 Å². The van der Waals surface area contributed by atoms with Gasteiger partial charge in [-0.05, 0) is 48.3 Å². The molecule has 0 aliphatic carbocycles. The van der Waals surface area contributed by atoms with E-state index in [1.807, 2.05) is 11.4 Å². The maximum atomic E-state index is 12.7. The zero-order chi connectivity index (χ0) is 18.4. The zero-order valence-electron chi connectivity index (χ0n) is 15.3. The van der Waals surface area contributed by atoms with Gasteiger partial charge < -0.3 is 15.8 Å². The Balaban J connectivity index is 1.73. The molecule has 1 aromatic heterocycles. The fraction of sp³-hybridized carbons (Fsp3) is 0.476. The van der Waals surface area contributed by atoms with Gasteiger partial charge in [-0.2, -0.15) is 0 Å². The first kappa shape index (κ1) is 19.1. The van der Waals surface area contributed by atoms with Crippen LogP contribution in [-0.2, 0) is 16.0 Å². The number of thiophene rings is 1. The highest BCUT2D eigenvalue weighted by Gasteiger charge is 2.31. The molecule has 140 valence electrons. The molecular weight excluding hydrogens is 344 g/mol. The molecule has 0 spiro atoms. The van der Waals surface area contributed by atoms with Crippen LogP contribution in [0, 0.1) is 0 Å². The second-order valence-electron chi connectivity index (χ2n) is 6.86. The standard InChI is InChI=1S/C21H28N2O2S/c1-2-3-5-15-7-9-16(10-8-15)20(19-6-4-13-26-19)23-21(24)18-12-11-17(14-22)25-18/h4,6-10,13,17-18,20H,2-3,5,11-12,14,22H2,1H3,(H,23,24)/t17-,18+,20?/m1/s1. The predicted molar refractivity (Wildman–Crippen MR) is 106 cm³/mol. The van der Waals surface area contributed by atoms with Crippen molar-refractivity contribution in [2.24, 2.45) is 5.73 Å². The molecule has 1 aromatic carbocycles. The SMILES string of the molecule is CCCCc1ccc(C(NC(=O)[C@@H]2CC[C@H](CN)O2)c2cccs2)cc1. The highest BCUT2D eigenvalue weighted by molar-refractivity contribution is 7.10. The summed E-state index contributed by atoms with van der Waals surface area (Å²) in [5.41, 5.74) is 8.11. The normalized spacial score (nSPS) is 20.8. The summed E-state index contributed by atoms with van der Waals surface area (Å²) >= 11 is 1.66. The van der Waals surface area contributed by atoms with Gasteiger partial charge in [0.15, 0.2) is 0 Å². The molecule has 0 saturated carbocycles. The van der Waals surface area contributed by atoms with Crippen molar-refractivity contribution < 1.29 is 9.53 Å². The van der Waals surface area contributed by atoms with Gasteiger partial charge in [-0.1, -0.05) is 43.7 Å². The molecule has 1 aliphatic heterocycles. The summed E-state index contributed by atoms with van der Waals surface area (Å²) in [5, 5.41) is 5.23. The van der Waals surface area contributed by atoms with Gasteiger partial charge in [0.2, 0.25) is 5.91 Å². The molecule has 1 aliphatic rings. The highest BCUT2D eigenvalue weighted by atomic mass is 32.1. The number of carbonyl (C=O) groups excluding carboxylic acids is 1. The molecule has 1 amide bonds. The lowest BCUT2D eigenvalue weighted by Gasteiger charge is -2.21. The number of nitrogens with one attached hydrogen (secondary N) is 1. The minimum absolute atomic E-state index is 0.00351. The van der Waals surface area contributed by atoms with Gasteiger partial charge in [0, 0.05) is 11.4 Å². The second-order valence-corrected chi connectivity index (χ2v) is 7.84. The number of aryl methyl sites for hydroxylation is 1. The molecule has 5 heteroatoms. The third-order valence-electron chi connectivity index (χ3n) is 4.91. The zero-order valence-corrected chi connectivity index (χ0v) is 16.1. The van der Waals surface area contributed by atoms with Crippen LogP contribution >= 0.6 is 11.3 Å². The van der Waals surface area contributed by atoms with Gasteiger partial charge >= 0.3 is 0 Å². The van der Waals surface area contributed by atoms with Crippen LogP contribution in [0.2, 0.25) is 0 Å². The topological polar surface area (TPSA) is 64.4 Å². The molecule has 2 heterocycles. The first-order chi connectivity index (χ1) is 12.7. The Morgan fingerprint density at radius 1 is 1.31 bits per heavy atom. The molecule has 0 radical (unpaired) electrons. The molecule has 3 N–H and O–H groups in total. The summed E-state index contributed by atoms with van der Waals surface area (Å²) in [6.07, 6.45) is 4.69. The Hall–Kier alpha value is -1.69. The summed E-state index contributed by atoms with van der Waals surface area (Å²) in [6.45, 7) is 2.67. The quantitative estimate of drug-likeness (QED) is 0.741. The van der Waals surface area contributed by atoms with E-state index >= 15 is 0 Å². The van der Waals surface area contributed by atoms with Crippen molar-refractivity contribution in [2.75, 3.05) is 6.54 Å². The van der Waals surface area contributed by atoms with Crippen LogP contribution < -0.4 is 11.1 Å². The number of carbonyl (C=O) groups is 1. The van der Waals surface area contributed by atoms with E-state index in [0.29, 0.717) is 6.54 Å². The van der Waals surface area contributed by atoms with Crippen LogP contribution in [-0.4, -0.2) is 24.7 Å². The predicted octanol–water partition coefficient (Wildman–Crippen LogP) is 3.80. The number of nitrogens with two attached hydrogens (primary N) is 1. The van der Waals surface area contributed by atoms with Crippen LogP contribution in [0.15, 0.2) is 41.8 Å². The van der Waals surface area contributed by atoms with Crippen molar-refractivity contribution in [2.45, 2.75) is 57.3 Å². The Labute approximate surface area is 159 Å². The van der Waals surface area contributed by atoms with Gasteiger partial charge in [0.05, 0.1) is 12.1 Å². The Morgan fingerprint density at radius 3 is 2.73 bits per heavy atom. The van der Waals surface area contributed by atoms with E-state index in [1.165, 1.54) is 18.4 Å². The molecule has 2 aromatic rings. The van der Waals surface area contributed by atoms with Gasteiger partial charge in [-0.25, -0.2) is 0 Å². The van der Waals surface area contributed by atoms with E-state index in [-0.39, 0.29) is 18.1 Å². The number of hydrogen-bond acceptors (Lipinski definition) is 4. The first-order valence-electron chi connectivity index (χ1n) is 9.49. The van der Waals surface area contributed by atoms with Crippen molar-refractivity contribution >= 4 is 17.2 Å². The maximum Gasteiger partial charge on any atom is 0.249 e. The first-order valence-corrected chi connectivity index (χ1v) is 10.4. The number of rotatable bonds is 8. The van der Waals surface area contributed by atoms with Crippen molar-refractivity contribution in [3.05, 3.63) is 57.8 Å². The van der Waals surface area contributed by atoms with E-state index < -0.39 is 6.10 Å². The van der Waals surface area contributed by atoms with Gasteiger partial charge in [0.1, 0.15) is 6.10 Å². The second kappa shape index (κ2) is 9.31. The number of hydrogen-bond donors (Lipinski definition) is 2. The molecular formula is C21H28N2O2S. The van der Waals surface area contributed by atoms with Crippen LogP contribution in [0.3, 0.4) is 0 Å². The summed E-state index contributed by atoms with van der Waals surface area (Å²) in [7, 11) is 0. The molecule has 3 atom stereocenters.